The van der Waals surface area contributed by atoms with Crippen molar-refractivity contribution >= 4 is 0 Å². The van der Waals surface area contributed by atoms with Gasteiger partial charge in [0.05, 0.1) is 13.2 Å². The predicted octanol–water partition coefficient (Wildman–Crippen LogP) is -2.46. The average Bonchev–Trinajstić information content (AvgIpc) is 2.16. The highest BCUT2D eigenvalue weighted by atomic mass is 16.9. The molecule has 4 N–H and O–H groups in total. The minimum atomic E-state index is -1.13. The van der Waals surface area contributed by atoms with Crippen LogP contribution >= 0.6 is 0 Å². The first-order valence-corrected chi connectivity index (χ1v) is 3.25. The van der Waals surface area contributed by atoms with E-state index in [2.05, 4.69) is 9.68 Å². The van der Waals surface area contributed by atoms with Gasteiger partial charge in [0, 0.05) is 0 Å². The van der Waals surface area contributed by atoms with Crippen molar-refractivity contribution in [3.8, 4) is 0 Å². The second kappa shape index (κ2) is 3.96. The SMILES string of the molecule is OCC1ONOCC(O)C1O. The molecule has 6 heteroatoms. The fourth-order valence-corrected chi connectivity index (χ4v) is 0.777. The maximum absolute atomic E-state index is 9.16. The van der Waals surface area contributed by atoms with Crippen molar-refractivity contribution in [3.05, 3.63) is 0 Å². The van der Waals surface area contributed by atoms with Crippen molar-refractivity contribution in [1.82, 2.24) is 5.64 Å². The first-order chi connectivity index (χ1) is 5.25. The second-order valence-corrected chi connectivity index (χ2v) is 2.29. The minimum Gasteiger partial charge on any atom is -0.393 e. The third-order valence-corrected chi connectivity index (χ3v) is 1.47. The van der Waals surface area contributed by atoms with Crippen molar-refractivity contribution in [2.45, 2.75) is 18.3 Å². The van der Waals surface area contributed by atoms with E-state index < -0.39 is 18.3 Å². The van der Waals surface area contributed by atoms with Crippen molar-refractivity contribution in [1.29, 1.82) is 0 Å². The van der Waals surface area contributed by atoms with Crippen molar-refractivity contribution < 1.29 is 25.0 Å². The first kappa shape index (κ1) is 8.85. The Morgan fingerprint density at radius 2 is 2.18 bits per heavy atom. The Bertz CT molecular complexity index is 121. The Kier molecular flexibility index (Phi) is 3.18. The number of hydrogen-bond donors (Lipinski definition) is 4. The quantitative estimate of drug-likeness (QED) is 0.344. The van der Waals surface area contributed by atoms with Crippen LogP contribution in [0.25, 0.3) is 0 Å². The Hall–Kier alpha value is -0.240. The van der Waals surface area contributed by atoms with Crippen LogP contribution in [0.5, 0.6) is 0 Å². The fraction of sp³-hybridized carbons (Fsp3) is 1.00. The molecule has 0 aromatic rings. The van der Waals surface area contributed by atoms with Crippen LogP contribution in [-0.2, 0) is 9.68 Å². The van der Waals surface area contributed by atoms with Crippen LogP contribution < -0.4 is 5.64 Å². The molecule has 66 valence electrons. The fourth-order valence-electron chi connectivity index (χ4n) is 0.777. The average molecular weight is 165 g/mol. The van der Waals surface area contributed by atoms with Gasteiger partial charge >= 0.3 is 0 Å². The molecule has 1 aliphatic heterocycles. The van der Waals surface area contributed by atoms with Crippen LogP contribution in [0.3, 0.4) is 0 Å². The van der Waals surface area contributed by atoms with Crippen molar-refractivity contribution in [2.75, 3.05) is 13.2 Å². The molecular formula is C5H11NO5. The summed E-state index contributed by atoms with van der Waals surface area (Å²) in [7, 11) is 0. The largest absolute Gasteiger partial charge is 0.393 e. The Morgan fingerprint density at radius 1 is 1.45 bits per heavy atom. The van der Waals surface area contributed by atoms with Crippen LogP contribution in [0.1, 0.15) is 0 Å². The van der Waals surface area contributed by atoms with E-state index in [1.807, 2.05) is 5.64 Å². The zero-order valence-electron chi connectivity index (χ0n) is 5.80. The summed E-state index contributed by atoms with van der Waals surface area (Å²) in [6.07, 6.45) is -3.02. The first-order valence-electron chi connectivity index (χ1n) is 3.25. The van der Waals surface area contributed by atoms with E-state index in [1.54, 1.807) is 0 Å². The van der Waals surface area contributed by atoms with Crippen LogP contribution in [0, 0.1) is 0 Å². The van der Waals surface area contributed by atoms with Crippen LogP contribution in [0.4, 0.5) is 0 Å². The zero-order valence-corrected chi connectivity index (χ0v) is 5.80. The van der Waals surface area contributed by atoms with Crippen LogP contribution in [0.2, 0.25) is 0 Å². The summed E-state index contributed by atoms with van der Waals surface area (Å²) < 4.78 is 0. The summed E-state index contributed by atoms with van der Waals surface area (Å²) in [4.78, 5) is 9.12. The molecule has 3 atom stereocenters. The maximum atomic E-state index is 9.16. The smallest absolute Gasteiger partial charge is 0.133 e. The number of aliphatic hydroxyl groups excluding tert-OH is 3. The van der Waals surface area contributed by atoms with Gasteiger partial charge in [0.2, 0.25) is 0 Å². The van der Waals surface area contributed by atoms with Crippen LogP contribution in [0.15, 0.2) is 0 Å². The maximum Gasteiger partial charge on any atom is 0.133 e. The zero-order chi connectivity index (χ0) is 8.27. The monoisotopic (exact) mass is 165 g/mol. The van der Waals surface area contributed by atoms with E-state index in [-0.39, 0.29) is 13.2 Å². The lowest BCUT2D eigenvalue weighted by Gasteiger charge is -2.18. The van der Waals surface area contributed by atoms with Gasteiger partial charge in [-0.1, -0.05) is 5.64 Å². The lowest BCUT2D eigenvalue weighted by Crippen LogP contribution is -2.41. The van der Waals surface area contributed by atoms with Gasteiger partial charge in [-0.25, -0.2) is 0 Å². The number of aliphatic hydroxyl groups is 3. The number of hydrogen-bond acceptors (Lipinski definition) is 6. The standard InChI is InChI=1S/C5H11NO5/c7-1-4-5(9)3(8)2-10-6-11-4/h3-9H,1-2H2. The molecule has 0 aromatic carbocycles. The lowest BCUT2D eigenvalue weighted by molar-refractivity contribution is -0.198. The molecule has 0 radical (unpaired) electrons. The van der Waals surface area contributed by atoms with Gasteiger partial charge in [-0.05, 0) is 0 Å². The van der Waals surface area contributed by atoms with Crippen molar-refractivity contribution in [3.63, 3.8) is 0 Å². The lowest BCUT2D eigenvalue weighted by atomic mass is 10.1. The predicted molar refractivity (Wildman–Crippen MR) is 33.1 cm³/mol. The van der Waals surface area contributed by atoms with E-state index >= 15 is 0 Å². The molecule has 3 unspecified atom stereocenters. The minimum absolute atomic E-state index is 0.0718. The molecule has 0 amide bonds. The van der Waals surface area contributed by atoms with Gasteiger partial charge in [-0.3, -0.25) is 9.68 Å². The summed E-state index contributed by atoms with van der Waals surface area (Å²) in [5, 5.41) is 26.8. The summed E-state index contributed by atoms with van der Waals surface area (Å²) in [6.45, 7) is -0.452. The highest BCUT2D eigenvalue weighted by molar-refractivity contribution is 4.76. The molecule has 1 saturated heterocycles. The highest BCUT2D eigenvalue weighted by Crippen LogP contribution is 2.06. The second-order valence-electron chi connectivity index (χ2n) is 2.29. The van der Waals surface area contributed by atoms with Crippen molar-refractivity contribution in [2.24, 2.45) is 0 Å². The van der Waals surface area contributed by atoms with Gasteiger partial charge in [-0.15, -0.1) is 0 Å². The third-order valence-electron chi connectivity index (χ3n) is 1.47. The Balaban J connectivity index is 2.49. The summed E-state index contributed by atoms with van der Waals surface area (Å²) in [5.74, 6) is 0. The van der Waals surface area contributed by atoms with E-state index in [1.165, 1.54) is 0 Å². The Labute approximate surface area is 63.3 Å². The van der Waals surface area contributed by atoms with E-state index in [0.29, 0.717) is 0 Å². The molecule has 0 spiro atoms. The van der Waals surface area contributed by atoms with E-state index in [9.17, 15) is 0 Å². The molecular weight excluding hydrogens is 154 g/mol. The third kappa shape index (κ3) is 2.09. The Morgan fingerprint density at radius 3 is 2.82 bits per heavy atom. The highest BCUT2D eigenvalue weighted by Gasteiger charge is 2.29. The topological polar surface area (TPSA) is 91.2 Å². The molecule has 0 aromatic heterocycles. The molecule has 11 heavy (non-hydrogen) atoms. The summed E-state index contributed by atoms with van der Waals surface area (Å²) >= 11 is 0. The summed E-state index contributed by atoms with van der Waals surface area (Å²) in [6, 6.07) is 0. The molecule has 0 bridgehead atoms. The van der Waals surface area contributed by atoms with Gasteiger partial charge in [0.15, 0.2) is 0 Å². The summed E-state index contributed by atoms with van der Waals surface area (Å²) in [5.41, 5.74) is 2.03. The van der Waals surface area contributed by atoms with Gasteiger partial charge in [0.1, 0.15) is 18.3 Å². The van der Waals surface area contributed by atoms with Gasteiger partial charge in [-0.2, -0.15) is 0 Å². The van der Waals surface area contributed by atoms with Gasteiger partial charge < -0.3 is 15.3 Å². The molecule has 1 rings (SSSR count). The molecule has 0 aliphatic carbocycles. The molecule has 1 heterocycles. The van der Waals surface area contributed by atoms with Crippen LogP contribution in [-0.4, -0.2) is 46.8 Å². The molecule has 1 fully saturated rings. The molecule has 0 saturated carbocycles. The van der Waals surface area contributed by atoms with E-state index in [4.69, 9.17) is 15.3 Å². The van der Waals surface area contributed by atoms with Gasteiger partial charge in [0.25, 0.3) is 0 Å². The number of rotatable bonds is 1. The number of nitrogens with one attached hydrogen (secondary N) is 1. The van der Waals surface area contributed by atoms with E-state index in [0.717, 1.165) is 0 Å². The molecule has 6 nitrogen and oxygen atoms in total. The normalized spacial score (nSPS) is 40.1. The molecule has 1 aliphatic rings.